The highest BCUT2D eigenvalue weighted by molar-refractivity contribution is 5.66. The molecule has 0 saturated heterocycles. The maximum absolute atomic E-state index is 8.94. The van der Waals surface area contributed by atoms with Crippen LogP contribution in [0.1, 0.15) is 29.9 Å². The van der Waals surface area contributed by atoms with Crippen molar-refractivity contribution in [2.45, 2.75) is 25.4 Å². The molecule has 0 aromatic heterocycles. The Morgan fingerprint density at radius 1 is 1.00 bits per heavy atom. The van der Waals surface area contributed by atoms with Gasteiger partial charge in [-0.3, -0.25) is 10.2 Å². The zero-order valence-corrected chi connectivity index (χ0v) is 17.9. The molecule has 1 amide bonds. The number of hydrazine groups is 1. The second-order valence-corrected chi connectivity index (χ2v) is 7.23. The van der Waals surface area contributed by atoms with Crippen molar-refractivity contribution in [2.24, 2.45) is 5.84 Å². The summed E-state index contributed by atoms with van der Waals surface area (Å²) in [6.45, 7) is 0.578. The molecule has 1 saturated carbocycles. The number of nitrogens with one attached hydrogen (secondary N) is 2. The number of rotatable bonds is 8. The van der Waals surface area contributed by atoms with Gasteiger partial charge in [-0.1, -0.05) is 36.4 Å². The predicted molar refractivity (Wildman–Crippen MR) is 124 cm³/mol. The van der Waals surface area contributed by atoms with Gasteiger partial charge in [-0.2, -0.15) is 0 Å². The van der Waals surface area contributed by atoms with E-state index in [4.69, 9.17) is 14.3 Å². The van der Waals surface area contributed by atoms with Crippen LogP contribution in [0, 0.1) is 0 Å². The molecule has 0 spiro atoms. The molecule has 4 N–H and O–H groups in total. The first-order valence-corrected chi connectivity index (χ1v) is 10.3. The van der Waals surface area contributed by atoms with Crippen molar-refractivity contribution >= 4 is 12.1 Å². The summed E-state index contributed by atoms with van der Waals surface area (Å²) in [7, 11) is 3.65. The average molecular weight is 420 g/mol. The molecule has 4 rings (SSSR count). The van der Waals surface area contributed by atoms with Gasteiger partial charge in [0, 0.05) is 18.3 Å². The number of ether oxygens (including phenoxy) is 2. The van der Waals surface area contributed by atoms with Crippen LogP contribution < -0.4 is 26.1 Å². The highest BCUT2D eigenvalue weighted by atomic mass is 16.5. The summed E-state index contributed by atoms with van der Waals surface area (Å²) in [6, 6.07) is 22.9. The van der Waals surface area contributed by atoms with Gasteiger partial charge in [0.1, 0.15) is 18.1 Å². The molecule has 0 radical (unpaired) electrons. The normalized spacial score (nSPS) is 12.2. The third-order valence-corrected chi connectivity index (χ3v) is 5.21. The number of methoxy groups -OCH3 is 1. The Morgan fingerprint density at radius 3 is 2.32 bits per heavy atom. The van der Waals surface area contributed by atoms with E-state index in [1.54, 1.807) is 12.5 Å². The molecule has 6 nitrogen and oxygen atoms in total. The Bertz CT molecular complexity index is 986. The standard InChI is InChI=1S/C24H25NO2.CH4N2O/c1-25-24-8-4-7-22(18-9-10-18)23(24)16-27-21-6-3-5-19(15-21)17-11-13-20(26-2)14-12-17;2-3-1-4/h3-8,11-15,18,25H,9-10,16H2,1-2H3;1H,2H2,(H,3,4). The maximum atomic E-state index is 8.94. The van der Waals surface area contributed by atoms with E-state index in [1.807, 2.05) is 31.3 Å². The minimum atomic E-state index is 0.403. The molecule has 1 aliphatic rings. The van der Waals surface area contributed by atoms with Gasteiger partial charge < -0.3 is 14.8 Å². The van der Waals surface area contributed by atoms with E-state index in [2.05, 4.69) is 53.6 Å². The van der Waals surface area contributed by atoms with Crippen molar-refractivity contribution in [1.82, 2.24) is 5.43 Å². The molecule has 0 atom stereocenters. The van der Waals surface area contributed by atoms with Crippen LogP contribution in [0.25, 0.3) is 11.1 Å². The number of benzene rings is 3. The third-order valence-electron chi connectivity index (χ3n) is 5.21. The summed E-state index contributed by atoms with van der Waals surface area (Å²) in [5.74, 6) is 6.86. The predicted octanol–water partition coefficient (Wildman–Crippen LogP) is 4.47. The van der Waals surface area contributed by atoms with E-state index in [1.165, 1.54) is 24.0 Å². The molecule has 31 heavy (non-hydrogen) atoms. The SMILES string of the molecule is CNc1cccc(C2CC2)c1COc1cccc(-c2ccc(OC)cc2)c1.NNC=O. The van der Waals surface area contributed by atoms with Crippen LogP contribution in [0.4, 0.5) is 5.69 Å². The van der Waals surface area contributed by atoms with Gasteiger partial charge in [-0.25, -0.2) is 5.84 Å². The molecule has 1 aliphatic carbocycles. The topological polar surface area (TPSA) is 85.6 Å². The molecule has 0 heterocycles. The summed E-state index contributed by atoms with van der Waals surface area (Å²) in [6.07, 6.45) is 2.97. The summed E-state index contributed by atoms with van der Waals surface area (Å²) in [5.41, 5.74) is 7.89. The molecule has 0 unspecified atom stereocenters. The lowest BCUT2D eigenvalue weighted by Gasteiger charge is -2.16. The van der Waals surface area contributed by atoms with Crippen LogP contribution in [-0.4, -0.2) is 20.6 Å². The van der Waals surface area contributed by atoms with Crippen molar-refractivity contribution in [3.8, 4) is 22.6 Å². The molecular weight excluding hydrogens is 390 g/mol. The van der Waals surface area contributed by atoms with Gasteiger partial charge in [-0.15, -0.1) is 0 Å². The molecule has 162 valence electrons. The van der Waals surface area contributed by atoms with Gasteiger partial charge in [-0.05, 0) is 65.8 Å². The number of carbonyl (C=O) groups is 1. The van der Waals surface area contributed by atoms with Crippen molar-refractivity contribution < 1.29 is 14.3 Å². The molecule has 0 bridgehead atoms. The van der Waals surface area contributed by atoms with Crippen molar-refractivity contribution in [3.63, 3.8) is 0 Å². The number of hydrogen-bond acceptors (Lipinski definition) is 5. The number of nitrogens with two attached hydrogens (primary N) is 1. The van der Waals surface area contributed by atoms with Gasteiger partial charge in [0.15, 0.2) is 0 Å². The fourth-order valence-corrected chi connectivity index (χ4v) is 3.48. The van der Waals surface area contributed by atoms with Gasteiger partial charge in [0.05, 0.1) is 7.11 Å². The zero-order valence-electron chi connectivity index (χ0n) is 17.9. The summed E-state index contributed by atoms with van der Waals surface area (Å²) in [4.78, 5) is 8.94. The monoisotopic (exact) mass is 419 g/mol. The van der Waals surface area contributed by atoms with E-state index >= 15 is 0 Å². The van der Waals surface area contributed by atoms with Gasteiger partial charge >= 0.3 is 0 Å². The van der Waals surface area contributed by atoms with Crippen LogP contribution in [0.15, 0.2) is 66.7 Å². The van der Waals surface area contributed by atoms with Gasteiger partial charge in [0.25, 0.3) is 0 Å². The number of hydrogen-bond donors (Lipinski definition) is 3. The fourth-order valence-electron chi connectivity index (χ4n) is 3.48. The lowest BCUT2D eigenvalue weighted by molar-refractivity contribution is -0.109. The van der Waals surface area contributed by atoms with Crippen molar-refractivity contribution in [2.75, 3.05) is 19.5 Å². The van der Waals surface area contributed by atoms with Crippen LogP contribution in [0.2, 0.25) is 0 Å². The summed E-state index contributed by atoms with van der Waals surface area (Å²) < 4.78 is 11.4. The van der Waals surface area contributed by atoms with Crippen LogP contribution in [0.3, 0.4) is 0 Å². The van der Waals surface area contributed by atoms with Crippen LogP contribution >= 0.6 is 0 Å². The first-order chi connectivity index (χ1) is 15.2. The second-order valence-electron chi connectivity index (χ2n) is 7.23. The van der Waals surface area contributed by atoms with Crippen molar-refractivity contribution in [3.05, 3.63) is 77.9 Å². The van der Waals surface area contributed by atoms with Gasteiger partial charge in [0.2, 0.25) is 6.41 Å². The summed E-state index contributed by atoms with van der Waals surface area (Å²) in [5, 5.41) is 3.31. The smallest absolute Gasteiger partial charge is 0.221 e. The van der Waals surface area contributed by atoms with Crippen LogP contribution in [0.5, 0.6) is 11.5 Å². The zero-order chi connectivity index (χ0) is 22.1. The van der Waals surface area contributed by atoms with E-state index in [0.717, 1.165) is 28.3 Å². The molecule has 3 aromatic rings. The quantitative estimate of drug-likeness (QED) is 0.217. The van der Waals surface area contributed by atoms with E-state index in [9.17, 15) is 0 Å². The molecule has 6 heteroatoms. The average Bonchev–Trinajstić information content (AvgIpc) is 3.68. The minimum Gasteiger partial charge on any atom is -0.497 e. The molecule has 1 fully saturated rings. The number of amides is 1. The molecule has 3 aromatic carbocycles. The van der Waals surface area contributed by atoms with E-state index in [0.29, 0.717) is 18.9 Å². The number of anilines is 1. The highest BCUT2D eigenvalue weighted by Gasteiger charge is 2.27. The Balaban J connectivity index is 0.000000628. The Hall–Kier alpha value is -3.51. The Labute approximate surface area is 183 Å². The second kappa shape index (κ2) is 11.0. The Morgan fingerprint density at radius 2 is 1.71 bits per heavy atom. The lowest BCUT2D eigenvalue weighted by Crippen LogP contribution is -2.18. The van der Waals surface area contributed by atoms with E-state index in [-0.39, 0.29) is 0 Å². The molecular formula is C25H29N3O3. The lowest BCUT2D eigenvalue weighted by atomic mass is 10.0. The maximum Gasteiger partial charge on any atom is 0.221 e. The first kappa shape index (κ1) is 22.2. The molecule has 0 aliphatic heterocycles. The number of carbonyl (C=O) groups excluding carboxylic acids is 1. The largest absolute Gasteiger partial charge is 0.497 e. The first-order valence-electron chi connectivity index (χ1n) is 10.3. The summed E-state index contributed by atoms with van der Waals surface area (Å²) >= 11 is 0. The fraction of sp³-hybridized carbons (Fsp3) is 0.240. The van der Waals surface area contributed by atoms with E-state index < -0.39 is 0 Å². The van der Waals surface area contributed by atoms with Crippen molar-refractivity contribution in [1.29, 1.82) is 0 Å². The van der Waals surface area contributed by atoms with Crippen LogP contribution in [-0.2, 0) is 11.4 Å². The Kier molecular flexibility index (Phi) is 7.90. The third kappa shape index (κ3) is 5.99. The highest BCUT2D eigenvalue weighted by Crippen LogP contribution is 2.43. The minimum absolute atomic E-state index is 0.403.